The fraction of sp³-hybridized carbons (Fsp3) is 0.360. The molecule has 0 unspecified atom stereocenters. The number of pyridine rings is 1. The number of nitrogens with zero attached hydrogens (tertiary/aromatic N) is 4. The summed E-state index contributed by atoms with van der Waals surface area (Å²) in [5.74, 6) is 0. The monoisotopic (exact) mass is 501 g/mol. The second kappa shape index (κ2) is 10.0. The van der Waals surface area contributed by atoms with Crippen LogP contribution in [0.3, 0.4) is 0 Å². The minimum absolute atomic E-state index is 0.0283. The van der Waals surface area contributed by atoms with Crippen molar-refractivity contribution in [2.24, 2.45) is 0 Å². The highest BCUT2D eigenvalue weighted by molar-refractivity contribution is 7.80. The highest BCUT2D eigenvalue weighted by Crippen LogP contribution is 2.42. The SMILES string of the molecule is Cc1cc([C@H]2[C@H](c3ccccn3)NC(=S)N2CCCN(C)C)c(C)n1-c1ccc(Cl)cc1Cl. The lowest BCUT2D eigenvalue weighted by Gasteiger charge is -2.28. The molecule has 0 radical (unpaired) electrons. The van der Waals surface area contributed by atoms with Crippen LogP contribution in [0.1, 0.15) is 41.1 Å². The van der Waals surface area contributed by atoms with E-state index in [-0.39, 0.29) is 12.1 Å². The molecule has 2 aromatic heterocycles. The molecule has 1 aromatic carbocycles. The van der Waals surface area contributed by atoms with Crippen molar-refractivity contribution in [3.05, 3.63) is 81.4 Å². The molecule has 1 aliphatic heterocycles. The first-order valence-electron chi connectivity index (χ1n) is 11.0. The first-order valence-corrected chi connectivity index (χ1v) is 12.2. The van der Waals surface area contributed by atoms with Crippen LogP contribution in [0, 0.1) is 13.8 Å². The highest BCUT2D eigenvalue weighted by atomic mass is 35.5. The predicted molar refractivity (Wildman–Crippen MR) is 141 cm³/mol. The normalized spacial score (nSPS) is 18.3. The van der Waals surface area contributed by atoms with Crippen molar-refractivity contribution in [3.63, 3.8) is 0 Å². The summed E-state index contributed by atoms with van der Waals surface area (Å²) in [6, 6.07) is 13.9. The van der Waals surface area contributed by atoms with Gasteiger partial charge in [0.25, 0.3) is 0 Å². The van der Waals surface area contributed by atoms with Crippen LogP contribution in [0.25, 0.3) is 5.69 Å². The molecular formula is C25H29Cl2N5S. The molecule has 0 amide bonds. The van der Waals surface area contributed by atoms with Gasteiger partial charge in [0.05, 0.1) is 28.5 Å². The van der Waals surface area contributed by atoms with Gasteiger partial charge in [-0.25, -0.2) is 0 Å². The van der Waals surface area contributed by atoms with Gasteiger partial charge in [-0.2, -0.15) is 0 Å². The molecule has 0 saturated carbocycles. The van der Waals surface area contributed by atoms with Crippen molar-refractivity contribution in [3.8, 4) is 5.69 Å². The summed E-state index contributed by atoms with van der Waals surface area (Å²) >= 11 is 18.6. The second-order valence-corrected chi connectivity index (χ2v) is 9.96. The molecule has 1 N–H and O–H groups in total. The van der Waals surface area contributed by atoms with Crippen molar-refractivity contribution >= 4 is 40.5 Å². The van der Waals surface area contributed by atoms with E-state index in [1.54, 1.807) is 6.07 Å². The zero-order valence-corrected chi connectivity index (χ0v) is 21.7. The Morgan fingerprint density at radius 2 is 1.91 bits per heavy atom. The van der Waals surface area contributed by atoms with E-state index in [2.05, 4.69) is 64.7 Å². The molecule has 0 spiro atoms. The average molecular weight is 503 g/mol. The van der Waals surface area contributed by atoms with Gasteiger partial charge in [0.2, 0.25) is 0 Å². The number of hydrogen-bond donors (Lipinski definition) is 1. The van der Waals surface area contributed by atoms with Gasteiger partial charge < -0.3 is 19.7 Å². The smallest absolute Gasteiger partial charge is 0.170 e. The molecule has 1 fully saturated rings. The van der Waals surface area contributed by atoms with Crippen LogP contribution in [-0.4, -0.2) is 51.6 Å². The van der Waals surface area contributed by atoms with Crippen molar-refractivity contribution in [1.29, 1.82) is 0 Å². The standard InChI is InChI=1S/C25H29Cl2N5S/c1-16-14-19(17(2)32(16)22-10-9-18(26)15-20(22)27)24-23(21-8-5-6-11-28-21)29-25(33)31(24)13-7-12-30(3)4/h5-6,8-11,14-15,23-24H,7,12-13H2,1-4H3,(H,29,33)/t23-,24-/m0/s1. The van der Waals surface area contributed by atoms with Crippen molar-refractivity contribution in [2.75, 3.05) is 27.2 Å². The maximum atomic E-state index is 6.59. The number of aromatic nitrogens is 2. The van der Waals surface area contributed by atoms with E-state index < -0.39 is 0 Å². The Morgan fingerprint density at radius 3 is 2.58 bits per heavy atom. The second-order valence-electron chi connectivity index (χ2n) is 8.73. The van der Waals surface area contributed by atoms with Crippen LogP contribution in [0.4, 0.5) is 0 Å². The predicted octanol–water partition coefficient (Wildman–Crippen LogP) is 5.72. The molecule has 5 nitrogen and oxygen atoms in total. The zero-order valence-electron chi connectivity index (χ0n) is 19.3. The maximum Gasteiger partial charge on any atom is 0.170 e. The number of nitrogens with one attached hydrogen (secondary N) is 1. The summed E-state index contributed by atoms with van der Waals surface area (Å²) in [5, 5.41) is 5.57. The van der Waals surface area contributed by atoms with Crippen molar-refractivity contribution < 1.29 is 0 Å². The fourth-order valence-corrected chi connectivity index (χ4v) is 5.49. The first-order chi connectivity index (χ1) is 15.8. The molecule has 3 aromatic rings. The van der Waals surface area contributed by atoms with Gasteiger partial charge in [-0.05, 0) is 95.1 Å². The topological polar surface area (TPSA) is 36.3 Å². The lowest BCUT2D eigenvalue weighted by molar-refractivity contribution is 0.292. The Balaban J connectivity index is 1.79. The Labute approximate surface area is 211 Å². The Hall–Kier alpha value is -2.12. The van der Waals surface area contributed by atoms with Crippen molar-refractivity contribution in [1.82, 2.24) is 24.7 Å². The summed E-state index contributed by atoms with van der Waals surface area (Å²) < 4.78 is 2.20. The molecule has 8 heteroatoms. The molecule has 174 valence electrons. The maximum absolute atomic E-state index is 6.59. The molecule has 0 aliphatic carbocycles. The summed E-state index contributed by atoms with van der Waals surface area (Å²) in [5.41, 5.74) is 5.36. The van der Waals surface area contributed by atoms with E-state index in [1.165, 1.54) is 5.56 Å². The summed E-state index contributed by atoms with van der Waals surface area (Å²) in [6.45, 7) is 6.11. The molecule has 0 bridgehead atoms. The van der Waals surface area contributed by atoms with Crippen LogP contribution >= 0.6 is 35.4 Å². The Kier molecular flexibility index (Phi) is 7.29. The third-order valence-corrected chi connectivity index (χ3v) is 7.03. The number of benzene rings is 1. The molecule has 3 heterocycles. The molecule has 1 saturated heterocycles. The van der Waals surface area contributed by atoms with E-state index in [4.69, 9.17) is 35.4 Å². The lowest BCUT2D eigenvalue weighted by atomic mass is 9.96. The van der Waals surface area contributed by atoms with Gasteiger partial charge in [0.15, 0.2) is 5.11 Å². The van der Waals surface area contributed by atoms with Crippen LogP contribution in [0.5, 0.6) is 0 Å². The molecular weight excluding hydrogens is 473 g/mol. The Bertz CT molecular complexity index is 1150. The number of halogens is 2. The van der Waals surface area contributed by atoms with E-state index in [0.717, 1.165) is 47.4 Å². The third-order valence-electron chi connectivity index (χ3n) is 6.14. The number of thiocarbonyl (C=S) groups is 1. The molecule has 4 rings (SSSR count). The minimum Gasteiger partial charge on any atom is -0.352 e. The average Bonchev–Trinajstić information content (AvgIpc) is 3.24. The zero-order chi connectivity index (χ0) is 23.7. The molecule has 2 atom stereocenters. The van der Waals surface area contributed by atoms with Crippen molar-refractivity contribution in [2.45, 2.75) is 32.4 Å². The fourth-order valence-electron chi connectivity index (χ4n) is 4.66. The van der Waals surface area contributed by atoms with E-state index in [1.807, 2.05) is 30.5 Å². The van der Waals surface area contributed by atoms with E-state index in [0.29, 0.717) is 10.0 Å². The highest BCUT2D eigenvalue weighted by Gasteiger charge is 2.41. The van der Waals surface area contributed by atoms with Crippen LogP contribution < -0.4 is 5.32 Å². The Morgan fingerprint density at radius 1 is 1.12 bits per heavy atom. The first kappa shape index (κ1) is 24.0. The van der Waals surface area contributed by atoms with Gasteiger partial charge >= 0.3 is 0 Å². The van der Waals surface area contributed by atoms with Crippen LogP contribution in [-0.2, 0) is 0 Å². The van der Waals surface area contributed by atoms with Gasteiger partial charge in [0.1, 0.15) is 0 Å². The lowest BCUT2D eigenvalue weighted by Crippen LogP contribution is -2.32. The van der Waals surface area contributed by atoms with Gasteiger partial charge in [-0.3, -0.25) is 4.98 Å². The largest absolute Gasteiger partial charge is 0.352 e. The van der Waals surface area contributed by atoms with E-state index in [9.17, 15) is 0 Å². The van der Waals surface area contributed by atoms with Crippen LogP contribution in [0.15, 0.2) is 48.7 Å². The van der Waals surface area contributed by atoms with Crippen LogP contribution in [0.2, 0.25) is 10.0 Å². The third kappa shape index (κ3) is 4.90. The summed E-state index contributed by atoms with van der Waals surface area (Å²) in [6.07, 6.45) is 2.85. The summed E-state index contributed by atoms with van der Waals surface area (Å²) in [7, 11) is 4.19. The van der Waals surface area contributed by atoms with Gasteiger partial charge in [0, 0.05) is 29.2 Å². The van der Waals surface area contributed by atoms with Gasteiger partial charge in [-0.1, -0.05) is 29.3 Å². The minimum atomic E-state index is -0.0345. The van der Waals surface area contributed by atoms with Gasteiger partial charge in [-0.15, -0.1) is 0 Å². The molecule has 33 heavy (non-hydrogen) atoms. The summed E-state index contributed by atoms with van der Waals surface area (Å²) in [4.78, 5) is 9.17. The number of rotatable bonds is 7. The quantitative estimate of drug-likeness (QED) is 0.419. The number of aryl methyl sites for hydroxylation is 1. The van der Waals surface area contributed by atoms with E-state index >= 15 is 0 Å². The molecule has 1 aliphatic rings. The number of hydrogen-bond acceptors (Lipinski definition) is 3.